The summed E-state index contributed by atoms with van der Waals surface area (Å²) in [6.45, 7) is 12.1. The zero-order valence-corrected chi connectivity index (χ0v) is 14.1. The van der Waals surface area contributed by atoms with Crippen LogP contribution in [0.1, 0.15) is 32.0 Å². The molecule has 0 saturated heterocycles. The van der Waals surface area contributed by atoms with Gasteiger partial charge in [0.15, 0.2) is 8.32 Å². The van der Waals surface area contributed by atoms with E-state index in [0.29, 0.717) is 11.6 Å². The topological polar surface area (TPSA) is 22.1 Å². The summed E-state index contributed by atoms with van der Waals surface area (Å²) in [5.74, 6) is 0. The first-order chi connectivity index (χ1) is 8.69. The van der Waals surface area contributed by atoms with Gasteiger partial charge in [-0.1, -0.05) is 38.4 Å². The third-order valence-electron chi connectivity index (χ3n) is 4.15. The van der Waals surface area contributed by atoms with Gasteiger partial charge in [-0.3, -0.25) is 4.98 Å². The molecule has 1 heterocycles. The van der Waals surface area contributed by atoms with Crippen LogP contribution in [0.4, 0.5) is 0 Å². The van der Waals surface area contributed by atoms with E-state index in [4.69, 9.17) is 16.0 Å². The Hall–Kier alpha value is -0.643. The zero-order valence-electron chi connectivity index (χ0n) is 12.4. The SMILES string of the molecule is CC(C)(C)[Si](C)(C)OCC1=Cc2cc(Cl)cnc2C1. The van der Waals surface area contributed by atoms with Gasteiger partial charge in [-0.2, -0.15) is 0 Å². The van der Waals surface area contributed by atoms with Crippen molar-refractivity contribution in [2.45, 2.75) is 45.3 Å². The predicted molar refractivity (Wildman–Crippen MR) is 84.1 cm³/mol. The zero-order chi connectivity index (χ0) is 14.3. The number of hydrogen-bond donors (Lipinski definition) is 0. The standard InChI is InChI=1S/C15H22ClNOSi/c1-15(2,3)19(4,5)18-10-11-6-12-8-13(16)9-17-14(12)7-11/h6,8-9H,7,10H2,1-5H3. The van der Waals surface area contributed by atoms with Crippen molar-refractivity contribution in [3.8, 4) is 0 Å². The monoisotopic (exact) mass is 295 g/mol. The van der Waals surface area contributed by atoms with Gasteiger partial charge < -0.3 is 4.43 Å². The Bertz CT molecular complexity index is 517. The number of rotatable bonds is 3. The van der Waals surface area contributed by atoms with Crippen molar-refractivity contribution in [2.24, 2.45) is 0 Å². The van der Waals surface area contributed by atoms with E-state index < -0.39 is 8.32 Å². The van der Waals surface area contributed by atoms with E-state index in [-0.39, 0.29) is 5.04 Å². The average molecular weight is 296 g/mol. The maximum absolute atomic E-state index is 6.25. The van der Waals surface area contributed by atoms with Crippen molar-refractivity contribution in [3.63, 3.8) is 0 Å². The van der Waals surface area contributed by atoms with Crippen molar-refractivity contribution >= 4 is 26.0 Å². The molecule has 0 atom stereocenters. The fraction of sp³-hybridized carbons (Fsp3) is 0.533. The minimum Gasteiger partial charge on any atom is -0.413 e. The summed E-state index contributed by atoms with van der Waals surface area (Å²) in [5.41, 5.74) is 3.55. The first kappa shape index (κ1) is 14.8. The van der Waals surface area contributed by atoms with E-state index in [0.717, 1.165) is 17.7 Å². The van der Waals surface area contributed by atoms with Gasteiger partial charge in [0.05, 0.1) is 17.3 Å². The molecule has 2 rings (SSSR count). The molecule has 1 aromatic heterocycles. The Kier molecular flexibility index (Phi) is 3.91. The second-order valence-electron chi connectivity index (χ2n) is 6.72. The van der Waals surface area contributed by atoms with Crippen molar-refractivity contribution in [1.29, 1.82) is 0 Å². The molecule has 1 aromatic rings. The second kappa shape index (κ2) is 5.04. The molecule has 2 nitrogen and oxygen atoms in total. The fourth-order valence-corrected chi connectivity index (χ4v) is 2.97. The van der Waals surface area contributed by atoms with Crippen molar-refractivity contribution in [3.05, 3.63) is 34.1 Å². The van der Waals surface area contributed by atoms with Gasteiger partial charge in [-0.05, 0) is 35.3 Å². The Morgan fingerprint density at radius 2 is 2.05 bits per heavy atom. The van der Waals surface area contributed by atoms with Crippen LogP contribution in [0.15, 0.2) is 17.8 Å². The molecule has 0 unspecified atom stereocenters. The lowest BCUT2D eigenvalue weighted by atomic mass is 10.2. The Balaban J connectivity index is 2.03. The van der Waals surface area contributed by atoms with Gasteiger partial charge in [0.25, 0.3) is 0 Å². The summed E-state index contributed by atoms with van der Waals surface area (Å²) >= 11 is 5.96. The van der Waals surface area contributed by atoms with Crippen LogP contribution in [-0.2, 0) is 10.8 Å². The summed E-state index contributed by atoms with van der Waals surface area (Å²) in [6.07, 6.45) is 4.77. The molecule has 0 bridgehead atoms. The molecule has 0 fully saturated rings. The molecule has 0 N–H and O–H groups in total. The molecular weight excluding hydrogens is 274 g/mol. The van der Waals surface area contributed by atoms with Crippen LogP contribution in [0.25, 0.3) is 6.08 Å². The normalized spacial score (nSPS) is 15.4. The Morgan fingerprint density at radius 3 is 2.68 bits per heavy atom. The van der Waals surface area contributed by atoms with Crippen LogP contribution in [-0.4, -0.2) is 19.9 Å². The Morgan fingerprint density at radius 1 is 1.37 bits per heavy atom. The summed E-state index contributed by atoms with van der Waals surface area (Å²) in [6, 6.07) is 1.98. The number of hydrogen-bond acceptors (Lipinski definition) is 2. The molecule has 19 heavy (non-hydrogen) atoms. The smallest absolute Gasteiger partial charge is 0.192 e. The van der Waals surface area contributed by atoms with Crippen molar-refractivity contribution in [1.82, 2.24) is 4.98 Å². The third-order valence-corrected chi connectivity index (χ3v) is 8.83. The third kappa shape index (κ3) is 3.27. The molecule has 1 aliphatic carbocycles. The van der Waals surface area contributed by atoms with E-state index in [9.17, 15) is 0 Å². The summed E-state index contributed by atoms with van der Waals surface area (Å²) < 4.78 is 6.25. The van der Waals surface area contributed by atoms with Crippen LogP contribution in [0.5, 0.6) is 0 Å². The summed E-state index contributed by atoms with van der Waals surface area (Å²) in [4.78, 5) is 4.37. The molecule has 0 radical (unpaired) electrons. The lowest BCUT2D eigenvalue weighted by Gasteiger charge is -2.36. The lowest BCUT2D eigenvalue weighted by molar-refractivity contribution is 0.317. The maximum atomic E-state index is 6.25. The second-order valence-corrected chi connectivity index (χ2v) is 12.0. The van der Waals surface area contributed by atoms with Crippen molar-refractivity contribution < 1.29 is 4.43 Å². The molecule has 1 aliphatic rings. The number of halogens is 1. The minimum absolute atomic E-state index is 0.251. The molecule has 0 aromatic carbocycles. The fourth-order valence-electron chi connectivity index (χ4n) is 1.82. The molecule has 0 amide bonds. The van der Waals surface area contributed by atoms with E-state index in [1.165, 1.54) is 5.57 Å². The molecule has 4 heteroatoms. The minimum atomic E-state index is -1.67. The van der Waals surface area contributed by atoms with E-state index >= 15 is 0 Å². The van der Waals surface area contributed by atoms with Gasteiger partial charge in [0.2, 0.25) is 0 Å². The van der Waals surface area contributed by atoms with Gasteiger partial charge in [-0.25, -0.2) is 0 Å². The molecule has 104 valence electrons. The van der Waals surface area contributed by atoms with Crippen LogP contribution in [0, 0.1) is 0 Å². The van der Waals surface area contributed by atoms with Gasteiger partial charge >= 0.3 is 0 Å². The number of aromatic nitrogens is 1. The summed E-state index contributed by atoms with van der Waals surface area (Å²) in [5, 5.41) is 0.946. The molecule has 0 spiro atoms. The van der Waals surface area contributed by atoms with Gasteiger partial charge in [0.1, 0.15) is 0 Å². The highest BCUT2D eigenvalue weighted by Gasteiger charge is 2.37. The maximum Gasteiger partial charge on any atom is 0.192 e. The van der Waals surface area contributed by atoms with E-state index in [2.05, 4.69) is 44.9 Å². The van der Waals surface area contributed by atoms with Gasteiger partial charge in [0, 0.05) is 12.6 Å². The van der Waals surface area contributed by atoms with Crippen LogP contribution in [0.3, 0.4) is 0 Å². The van der Waals surface area contributed by atoms with E-state index in [1.54, 1.807) is 6.20 Å². The quantitative estimate of drug-likeness (QED) is 0.754. The highest BCUT2D eigenvalue weighted by molar-refractivity contribution is 6.74. The van der Waals surface area contributed by atoms with Gasteiger partial charge in [-0.15, -0.1) is 0 Å². The largest absolute Gasteiger partial charge is 0.413 e. The number of nitrogens with zero attached hydrogens (tertiary/aromatic N) is 1. The number of fused-ring (bicyclic) bond motifs is 1. The average Bonchev–Trinajstić information content (AvgIpc) is 2.67. The highest BCUT2D eigenvalue weighted by atomic mass is 35.5. The first-order valence-electron chi connectivity index (χ1n) is 6.67. The highest BCUT2D eigenvalue weighted by Crippen LogP contribution is 2.37. The lowest BCUT2D eigenvalue weighted by Crippen LogP contribution is -2.41. The predicted octanol–water partition coefficient (Wildman–Crippen LogP) is 4.70. The molecule has 0 saturated carbocycles. The summed E-state index contributed by atoms with van der Waals surface area (Å²) in [7, 11) is -1.67. The molecular formula is C15H22ClNOSi. The van der Waals surface area contributed by atoms with Crippen LogP contribution >= 0.6 is 11.6 Å². The molecule has 0 aliphatic heterocycles. The van der Waals surface area contributed by atoms with Crippen molar-refractivity contribution in [2.75, 3.05) is 6.61 Å². The Labute approximate surface area is 122 Å². The van der Waals surface area contributed by atoms with Crippen LogP contribution in [0.2, 0.25) is 23.2 Å². The van der Waals surface area contributed by atoms with Crippen LogP contribution < -0.4 is 0 Å². The number of pyridine rings is 1. The first-order valence-corrected chi connectivity index (χ1v) is 9.95. The van der Waals surface area contributed by atoms with E-state index in [1.807, 2.05) is 6.07 Å².